The molecule has 0 amide bonds. The quantitative estimate of drug-likeness (QED) is 0.786. The van der Waals surface area contributed by atoms with Crippen molar-refractivity contribution < 1.29 is 8.42 Å². The lowest BCUT2D eigenvalue weighted by atomic mass is 10.0. The lowest BCUT2D eigenvalue weighted by Gasteiger charge is -2.20. The number of rotatable bonds is 5. The smallest absolute Gasteiger partial charge is 0.281 e. The predicted molar refractivity (Wildman–Crippen MR) is 90.2 cm³/mol. The summed E-state index contributed by atoms with van der Waals surface area (Å²) >= 11 is 0. The van der Waals surface area contributed by atoms with Gasteiger partial charge in [0.05, 0.1) is 5.69 Å². The topological polar surface area (TPSA) is 84.2 Å². The van der Waals surface area contributed by atoms with Gasteiger partial charge in [-0.25, -0.2) is 9.97 Å². The number of imidazole rings is 1. The van der Waals surface area contributed by atoms with Crippen LogP contribution in [0.25, 0.3) is 11.5 Å². The average molecular weight is 350 g/mol. The molecule has 0 spiro atoms. The van der Waals surface area contributed by atoms with Gasteiger partial charge in [-0.05, 0) is 18.8 Å². The first-order valence-electron chi connectivity index (χ1n) is 7.84. The Morgan fingerprint density at radius 1 is 1.21 bits per heavy atom. The molecule has 1 atom stereocenters. The van der Waals surface area contributed by atoms with Gasteiger partial charge in [0, 0.05) is 59.0 Å². The van der Waals surface area contributed by atoms with E-state index in [1.54, 1.807) is 32.7 Å². The molecule has 2 aromatic rings. The predicted octanol–water partition coefficient (Wildman–Crippen LogP) is 0.548. The first-order chi connectivity index (χ1) is 11.4. The lowest BCUT2D eigenvalue weighted by molar-refractivity contribution is 0.409. The van der Waals surface area contributed by atoms with E-state index in [1.807, 2.05) is 17.8 Å². The zero-order valence-corrected chi connectivity index (χ0v) is 14.9. The van der Waals surface area contributed by atoms with Gasteiger partial charge in [0.2, 0.25) is 0 Å². The Morgan fingerprint density at radius 2 is 1.96 bits per heavy atom. The minimum atomic E-state index is -3.35. The van der Waals surface area contributed by atoms with Crippen LogP contribution < -0.4 is 0 Å². The van der Waals surface area contributed by atoms with E-state index < -0.39 is 10.2 Å². The molecule has 0 aromatic carbocycles. The minimum absolute atomic E-state index is 0.232. The molecule has 0 aliphatic carbocycles. The summed E-state index contributed by atoms with van der Waals surface area (Å²) in [4.78, 5) is 13.2. The first kappa shape index (κ1) is 17.0. The van der Waals surface area contributed by atoms with E-state index in [4.69, 9.17) is 0 Å². The summed E-state index contributed by atoms with van der Waals surface area (Å²) in [7, 11) is 1.69. The van der Waals surface area contributed by atoms with Gasteiger partial charge < -0.3 is 4.57 Å². The van der Waals surface area contributed by atoms with Gasteiger partial charge in [-0.1, -0.05) is 0 Å². The molecule has 0 saturated carbocycles. The number of hydrogen-bond acceptors (Lipinski definition) is 5. The molecule has 0 bridgehead atoms. The van der Waals surface area contributed by atoms with Crippen molar-refractivity contribution in [2.75, 3.05) is 27.2 Å². The Hall–Kier alpha value is -1.84. The monoisotopic (exact) mass is 350 g/mol. The largest absolute Gasteiger partial charge is 0.333 e. The fourth-order valence-electron chi connectivity index (χ4n) is 2.97. The fourth-order valence-corrected chi connectivity index (χ4v) is 4.17. The van der Waals surface area contributed by atoms with Crippen molar-refractivity contribution in [3.8, 4) is 11.5 Å². The van der Waals surface area contributed by atoms with E-state index in [0.29, 0.717) is 19.5 Å². The SMILES string of the molecule is CN(C)S(=O)(=O)N1CC[C@H](Cc2nccnc2-c2nccn2C)C1. The van der Waals surface area contributed by atoms with Crippen molar-refractivity contribution in [3.63, 3.8) is 0 Å². The van der Waals surface area contributed by atoms with Crippen LogP contribution in [-0.2, 0) is 23.7 Å². The summed E-state index contributed by atoms with van der Waals surface area (Å²) in [5.74, 6) is 1.00. The van der Waals surface area contributed by atoms with Crippen LogP contribution in [0.3, 0.4) is 0 Å². The van der Waals surface area contributed by atoms with Crippen LogP contribution in [0.15, 0.2) is 24.8 Å². The van der Waals surface area contributed by atoms with Crippen LogP contribution in [0, 0.1) is 5.92 Å². The summed E-state index contributed by atoms with van der Waals surface area (Å²) in [6.07, 6.45) is 8.44. The summed E-state index contributed by atoms with van der Waals surface area (Å²) in [5, 5.41) is 0. The Labute approximate surface area is 142 Å². The third-order valence-corrected chi connectivity index (χ3v) is 6.23. The number of aryl methyl sites for hydroxylation is 1. The molecule has 1 aliphatic heterocycles. The Kier molecular flexibility index (Phi) is 4.66. The van der Waals surface area contributed by atoms with Gasteiger partial charge in [-0.3, -0.25) is 4.98 Å². The molecule has 0 radical (unpaired) electrons. The van der Waals surface area contributed by atoms with Gasteiger partial charge >= 0.3 is 0 Å². The van der Waals surface area contributed by atoms with Gasteiger partial charge in [-0.2, -0.15) is 17.0 Å². The van der Waals surface area contributed by atoms with Crippen molar-refractivity contribution >= 4 is 10.2 Å². The van der Waals surface area contributed by atoms with E-state index in [-0.39, 0.29) is 5.92 Å². The molecule has 1 aliphatic rings. The second-order valence-corrected chi connectivity index (χ2v) is 8.36. The van der Waals surface area contributed by atoms with Crippen molar-refractivity contribution in [2.24, 2.45) is 13.0 Å². The van der Waals surface area contributed by atoms with E-state index in [2.05, 4.69) is 15.0 Å². The van der Waals surface area contributed by atoms with Gasteiger partial charge in [0.25, 0.3) is 10.2 Å². The van der Waals surface area contributed by atoms with Crippen molar-refractivity contribution in [2.45, 2.75) is 12.8 Å². The van der Waals surface area contributed by atoms with Gasteiger partial charge in [0.15, 0.2) is 5.82 Å². The molecule has 24 heavy (non-hydrogen) atoms. The Bertz CT molecular complexity index is 817. The molecular formula is C15H22N6O2S. The molecule has 3 rings (SSSR count). The number of hydrogen-bond donors (Lipinski definition) is 0. The van der Waals surface area contributed by atoms with Crippen LogP contribution in [-0.4, -0.2) is 63.7 Å². The highest BCUT2D eigenvalue weighted by molar-refractivity contribution is 7.86. The highest BCUT2D eigenvalue weighted by Crippen LogP contribution is 2.26. The molecule has 2 aromatic heterocycles. The third-order valence-electron chi connectivity index (χ3n) is 4.33. The molecule has 3 heterocycles. The standard InChI is InChI=1S/C15H22N6O2S/c1-19(2)24(22,23)21-8-4-12(11-21)10-13-14(17-6-5-16-13)15-18-7-9-20(15)3/h5-7,9,12H,4,8,10-11H2,1-3H3/t12-/m1/s1. The maximum Gasteiger partial charge on any atom is 0.281 e. The van der Waals surface area contributed by atoms with E-state index in [1.165, 1.54) is 8.61 Å². The van der Waals surface area contributed by atoms with Crippen molar-refractivity contribution in [3.05, 3.63) is 30.5 Å². The molecule has 8 nitrogen and oxygen atoms in total. The first-order valence-corrected chi connectivity index (χ1v) is 9.24. The summed E-state index contributed by atoms with van der Waals surface area (Å²) in [6.45, 7) is 1.06. The molecule has 0 unspecified atom stereocenters. The molecule has 130 valence electrons. The van der Waals surface area contributed by atoms with Gasteiger partial charge in [-0.15, -0.1) is 0 Å². The normalized spacial score (nSPS) is 19.2. The average Bonchev–Trinajstić information content (AvgIpc) is 3.17. The molecular weight excluding hydrogens is 328 g/mol. The summed E-state index contributed by atoms with van der Waals surface area (Å²) in [6, 6.07) is 0. The van der Waals surface area contributed by atoms with Crippen LogP contribution in [0.4, 0.5) is 0 Å². The third kappa shape index (κ3) is 3.19. The second-order valence-electron chi connectivity index (χ2n) is 6.22. The second kappa shape index (κ2) is 6.58. The van der Waals surface area contributed by atoms with E-state index in [9.17, 15) is 8.42 Å². The van der Waals surface area contributed by atoms with Crippen molar-refractivity contribution in [1.29, 1.82) is 0 Å². The van der Waals surface area contributed by atoms with Crippen LogP contribution >= 0.6 is 0 Å². The maximum atomic E-state index is 12.2. The lowest BCUT2D eigenvalue weighted by Crippen LogP contribution is -2.38. The van der Waals surface area contributed by atoms with Crippen LogP contribution in [0.5, 0.6) is 0 Å². The maximum absolute atomic E-state index is 12.2. The summed E-state index contributed by atoms with van der Waals surface area (Å²) in [5.41, 5.74) is 1.62. The molecule has 1 fully saturated rings. The Balaban J connectivity index is 1.78. The van der Waals surface area contributed by atoms with Crippen LogP contribution in [0.1, 0.15) is 12.1 Å². The Morgan fingerprint density at radius 3 is 2.62 bits per heavy atom. The highest BCUT2D eigenvalue weighted by atomic mass is 32.2. The molecule has 0 N–H and O–H groups in total. The number of aromatic nitrogens is 4. The van der Waals surface area contributed by atoms with Crippen molar-refractivity contribution in [1.82, 2.24) is 28.1 Å². The van der Waals surface area contributed by atoms with E-state index >= 15 is 0 Å². The number of nitrogens with zero attached hydrogens (tertiary/aromatic N) is 6. The zero-order valence-electron chi connectivity index (χ0n) is 14.1. The fraction of sp³-hybridized carbons (Fsp3) is 0.533. The van der Waals surface area contributed by atoms with Gasteiger partial charge in [0.1, 0.15) is 5.69 Å². The van der Waals surface area contributed by atoms with E-state index in [0.717, 1.165) is 23.6 Å². The summed E-state index contributed by atoms with van der Waals surface area (Å²) < 4.78 is 29.2. The minimum Gasteiger partial charge on any atom is -0.333 e. The molecule has 9 heteroatoms. The van der Waals surface area contributed by atoms with Crippen LogP contribution in [0.2, 0.25) is 0 Å². The molecule has 1 saturated heterocycles. The highest BCUT2D eigenvalue weighted by Gasteiger charge is 2.33. The zero-order chi connectivity index (χ0) is 17.3.